The van der Waals surface area contributed by atoms with E-state index in [1.807, 2.05) is 0 Å². The highest BCUT2D eigenvalue weighted by Crippen LogP contribution is 2.30. The van der Waals surface area contributed by atoms with Gasteiger partial charge in [-0.25, -0.2) is 9.97 Å². The average molecular weight is 353 g/mol. The van der Waals surface area contributed by atoms with E-state index in [1.54, 1.807) is 24.5 Å². The van der Waals surface area contributed by atoms with Crippen molar-refractivity contribution in [3.63, 3.8) is 0 Å². The van der Waals surface area contributed by atoms with Gasteiger partial charge in [0.1, 0.15) is 17.5 Å². The smallest absolute Gasteiger partial charge is 0.307 e. The second kappa shape index (κ2) is 6.99. The van der Waals surface area contributed by atoms with Crippen LogP contribution in [-0.4, -0.2) is 33.0 Å². The molecule has 8 heteroatoms. The maximum atomic E-state index is 12.0. The minimum atomic E-state index is -0.281. The number of rotatable bonds is 4. The first-order chi connectivity index (χ1) is 12.7. The number of oxazole rings is 1. The zero-order chi connectivity index (χ0) is 17.9. The fourth-order valence-electron chi connectivity index (χ4n) is 3.24. The highest BCUT2D eigenvalue weighted by atomic mass is 16.5. The highest BCUT2D eigenvalue weighted by molar-refractivity contribution is 5.89. The zero-order valence-corrected chi connectivity index (χ0v) is 14.1. The molecule has 0 radical (unpaired) electrons. The van der Waals surface area contributed by atoms with Gasteiger partial charge in [-0.2, -0.15) is 0 Å². The number of hydrogen-bond donors (Lipinski definition) is 2. The van der Waals surface area contributed by atoms with Crippen molar-refractivity contribution >= 4 is 22.6 Å². The molecule has 0 bridgehead atoms. The summed E-state index contributed by atoms with van der Waals surface area (Å²) in [7, 11) is 0. The molecule has 3 N–H and O–H groups in total. The maximum absolute atomic E-state index is 12.0. The number of nitrogen functional groups attached to an aromatic ring is 1. The highest BCUT2D eigenvalue weighted by Gasteiger charge is 2.25. The van der Waals surface area contributed by atoms with Crippen molar-refractivity contribution in [3.05, 3.63) is 42.9 Å². The molecule has 2 aromatic heterocycles. The van der Waals surface area contributed by atoms with Crippen LogP contribution in [0.1, 0.15) is 36.4 Å². The fourth-order valence-corrected chi connectivity index (χ4v) is 3.24. The van der Waals surface area contributed by atoms with Crippen LogP contribution in [0.4, 0.5) is 5.69 Å². The summed E-state index contributed by atoms with van der Waals surface area (Å²) in [4.78, 5) is 24.5. The van der Waals surface area contributed by atoms with Crippen molar-refractivity contribution in [2.75, 3.05) is 5.73 Å². The molecule has 1 aromatic carbocycles. The van der Waals surface area contributed by atoms with Gasteiger partial charge in [0, 0.05) is 30.2 Å². The third-order valence-corrected chi connectivity index (χ3v) is 4.49. The molecule has 8 nitrogen and oxygen atoms in total. The topological polar surface area (TPSA) is 116 Å². The molecule has 0 aliphatic heterocycles. The molecule has 1 fully saturated rings. The predicted octanol–water partition coefficient (Wildman–Crippen LogP) is 2.32. The first kappa shape index (κ1) is 16.3. The minimum absolute atomic E-state index is 0.0527. The monoisotopic (exact) mass is 353 g/mol. The molecule has 0 saturated heterocycles. The predicted molar refractivity (Wildman–Crippen MR) is 94.6 cm³/mol. The van der Waals surface area contributed by atoms with E-state index in [2.05, 4.69) is 20.3 Å². The SMILES string of the molecule is Nc1cc(OC2CCC(NC(=O)c3ncco3)CC2)c2nccnc2c1. The number of amides is 1. The van der Waals surface area contributed by atoms with Crippen LogP contribution in [0, 0.1) is 0 Å². The van der Waals surface area contributed by atoms with Crippen LogP contribution in [-0.2, 0) is 0 Å². The van der Waals surface area contributed by atoms with E-state index in [4.69, 9.17) is 14.9 Å². The maximum Gasteiger partial charge on any atom is 0.307 e. The molecule has 0 unspecified atom stereocenters. The quantitative estimate of drug-likeness (QED) is 0.691. The summed E-state index contributed by atoms with van der Waals surface area (Å²) >= 11 is 0. The van der Waals surface area contributed by atoms with Gasteiger partial charge in [-0.15, -0.1) is 0 Å². The van der Waals surface area contributed by atoms with Crippen LogP contribution in [0.2, 0.25) is 0 Å². The van der Waals surface area contributed by atoms with Crippen molar-refractivity contribution < 1.29 is 13.9 Å². The second-order valence-corrected chi connectivity index (χ2v) is 6.35. The lowest BCUT2D eigenvalue weighted by atomic mass is 9.93. The van der Waals surface area contributed by atoms with E-state index in [-0.39, 0.29) is 23.9 Å². The van der Waals surface area contributed by atoms with Gasteiger partial charge in [0.15, 0.2) is 0 Å². The summed E-state index contributed by atoms with van der Waals surface area (Å²) in [5.41, 5.74) is 7.97. The Kier molecular flexibility index (Phi) is 4.39. The number of hydrogen-bond acceptors (Lipinski definition) is 7. The van der Waals surface area contributed by atoms with Crippen molar-refractivity contribution in [1.82, 2.24) is 20.3 Å². The number of nitrogens with zero attached hydrogens (tertiary/aromatic N) is 3. The number of anilines is 1. The number of ether oxygens (including phenoxy) is 1. The Hall–Kier alpha value is -3.16. The standard InChI is InChI=1S/C18H19N5O3/c19-11-9-14-16(21-6-5-20-14)15(10-11)26-13-3-1-12(2-4-13)23-17(24)18-22-7-8-25-18/h5-10,12-13H,1-4,19H2,(H,23,24). The van der Waals surface area contributed by atoms with Crippen molar-refractivity contribution in [2.45, 2.75) is 37.8 Å². The molecule has 0 atom stereocenters. The Morgan fingerprint density at radius 2 is 1.92 bits per heavy atom. The Morgan fingerprint density at radius 1 is 1.12 bits per heavy atom. The number of carbonyl (C=O) groups excluding carboxylic acids is 1. The van der Waals surface area contributed by atoms with Crippen LogP contribution < -0.4 is 15.8 Å². The molecule has 134 valence electrons. The second-order valence-electron chi connectivity index (χ2n) is 6.35. The van der Waals surface area contributed by atoms with E-state index in [0.717, 1.165) is 31.2 Å². The van der Waals surface area contributed by atoms with Gasteiger partial charge in [-0.3, -0.25) is 9.78 Å². The number of nitrogens with two attached hydrogens (primary N) is 1. The van der Waals surface area contributed by atoms with Gasteiger partial charge in [-0.1, -0.05) is 0 Å². The van der Waals surface area contributed by atoms with Crippen molar-refractivity contribution in [3.8, 4) is 5.75 Å². The molecule has 2 heterocycles. The Bertz CT molecular complexity index is 904. The van der Waals surface area contributed by atoms with E-state index in [9.17, 15) is 4.79 Å². The van der Waals surface area contributed by atoms with Crippen LogP contribution in [0.5, 0.6) is 5.75 Å². The van der Waals surface area contributed by atoms with Gasteiger partial charge >= 0.3 is 5.91 Å². The molecule has 1 aliphatic rings. The van der Waals surface area contributed by atoms with E-state index in [0.29, 0.717) is 17.0 Å². The number of nitrogens with one attached hydrogen (secondary N) is 1. The molecule has 26 heavy (non-hydrogen) atoms. The summed E-state index contributed by atoms with van der Waals surface area (Å²) in [6.45, 7) is 0. The molecule has 1 aliphatic carbocycles. The molecule has 0 spiro atoms. The van der Waals surface area contributed by atoms with E-state index >= 15 is 0 Å². The molecule has 4 rings (SSSR count). The number of carbonyl (C=O) groups is 1. The molecule has 3 aromatic rings. The van der Waals surface area contributed by atoms with Crippen molar-refractivity contribution in [1.29, 1.82) is 0 Å². The number of fused-ring (bicyclic) bond motifs is 1. The number of aromatic nitrogens is 3. The molecular formula is C18H19N5O3. The molecule has 1 amide bonds. The average Bonchev–Trinajstić information content (AvgIpc) is 3.18. The lowest BCUT2D eigenvalue weighted by molar-refractivity contribution is 0.0861. The summed E-state index contributed by atoms with van der Waals surface area (Å²) in [6.07, 6.45) is 9.47. The van der Waals surface area contributed by atoms with Gasteiger partial charge < -0.3 is 20.2 Å². The van der Waals surface area contributed by atoms with Gasteiger partial charge in [-0.05, 0) is 31.7 Å². The first-order valence-corrected chi connectivity index (χ1v) is 8.56. The Balaban J connectivity index is 1.38. The lowest BCUT2D eigenvalue weighted by Gasteiger charge is -2.29. The van der Waals surface area contributed by atoms with E-state index in [1.165, 1.54) is 12.5 Å². The summed E-state index contributed by atoms with van der Waals surface area (Å²) < 4.78 is 11.2. The number of benzene rings is 1. The fraction of sp³-hybridized carbons (Fsp3) is 0.333. The summed E-state index contributed by atoms with van der Waals surface area (Å²) in [5.74, 6) is 0.463. The van der Waals surface area contributed by atoms with Crippen LogP contribution in [0.3, 0.4) is 0 Å². The van der Waals surface area contributed by atoms with Crippen LogP contribution >= 0.6 is 0 Å². The normalized spacial score (nSPS) is 20.0. The summed E-state index contributed by atoms with van der Waals surface area (Å²) in [5, 5.41) is 2.95. The third-order valence-electron chi connectivity index (χ3n) is 4.49. The minimum Gasteiger partial charge on any atom is -0.488 e. The van der Waals surface area contributed by atoms with Crippen LogP contribution in [0.25, 0.3) is 11.0 Å². The largest absolute Gasteiger partial charge is 0.488 e. The zero-order valence-electron chi connectivity index (χ0n) is 14.1. The van der Waals surface area contributed by atoms with Crippen molar-refractivity contribution in [2.24, 2.45) is 0 Å². The van der Waals surface area contributed by atoms with E-state index < -0.39 is 0 Å². The molecule has 1 saturated carbocycles. The van der Waals surface area contributed by atoms with Crippen LogP contribution in [0.15, 0.2) is 41.4 Å². The van der Waals surface area contributed by atoms with Gasteiger partial charge in [0.2, 0.25) is 0 Å². The van der Waals surface area contributed by atoms with Gasteiger partial charge in [0.05, 0.1) is 17.8 Å². The lowest BCUT2D eigenvalue weighted by Crippen LogP contribution is -2.39. The summed E-state index contributed by atoms with van der Waals surface area (Å²) in [6, 6.07) is 3.66. The van der Waals surface area contributed by atoms with Gasteiger partial charge in [0.25, 0.3) is 5.89 Å². The Morgan fingerprint density at radius 3 is 2.69 bits per heavy atom. The molecular weight excluding hydrogens is 334 g/mol. The first-order valence-electron chi connectivity index (χ1n) is 8.56. The third kappa shape index (κ3) is 3.44. The Labute approximate surface area is 149 Å².